The highest BCUT2D eigenvalue weighted by Gasteiger charge is 2.26. The molecule has 2 aromatic heterocycles. The zero-order chi connectivity index (χ0) is 20.2. The molecule has 0 unspecified atom stereocenters. The van der Waals surface area contributed by atoms with E-state index in [0.717, 1.165) is 37.3 Å². The summed E-state index contributed by atoms with van der Waals surface area (Å²) in [6.07, 6.45) is 7.71. The van der Waals surface area contributed by atoms with Crippen molar-refractivity contribution in [2.75, 3.05) is 31.1 Å². The number of carbonyl (C=O) groups is 1. The number of hydrogen-bond acceptors (Lipinski definition) is 6. The Morgan fingerprint density at radius 2 is 1.90 bits per heavy atom. The van der Waals surface area contributed by atoms with Gasteiger partial charge in [-0.1, -0.05) is 33.1 Å². The monoisotopic (exact) mass is 398 g/mol. The first-order chi connectivity index (χ1) is 14.1. The summed E-state index contributed by atoms with van der Waals surface area (Å²) >= 11 is 0. The van der Waals surface area contributed by atoms with Gasteiger partial charge in [0.2, 0.25) is 5.89 Å². The molecule has 1 aliphatic carbocycles. The molecule has 1 saturated carbocycles. The molecule has 29 heavy (non-hydrogen) atoms. The molecule has 4 rings (SSSR count). The van der Waals surface area contributed by atoms with Gasteiger partial charge in [0.15, 0.2) is 0 Å². The van der Waals surface area contributed by atoms with Crippen molar-refractivity contribution < 1.29 is 9.21 Å². The molecule has 2 aromatic rings. The molecule has 3 heterocycles. The summed E-state index contributed by atoms with van der Waals surface area (Å²) in [5, 5.41) is 11.6. The fraction of sp³-hybridized carbons (Fsp3) is 0.619. The van der Waals surface area contributed by atoms with Crippen LogP contribution in [0, 0.1) is 0 Å². The van der Waals surface area contributed by atoms with Crippen molar-refractivity contribution >= 4 is 11.8 Å². The van der Waals surface area contributed by atoms with E-state index in [1.807, 2.05) is 30.9 Å². The van der Waals surface area contributed by atoms with Gasteiger partial charge in [-0.3, -0.25) is 0 Å². The van der Waals surface area contributed by atoms with Crippen molar-refractivity contribution in [2.24, 2.45) is 0 Å². The van der Waals surface area contributed by atoms with Crippen LogP contribution in [0.5, 0.6) is 0 Å². The molecular weight excluding hydrogens is 368 g/mol. The number of amides is 2. The van der Waals surface area contributed by atoms with Crippen molar-refractivity contribution in [1.82, 2.24) is 25.4 Å². The predicted octanol–water partition coefficient (Wildman–Crippen LogP) is 3.42. The molecule has 2 fully saturated rings. The summed E-state index contributed by atoms with van der Waals surface area (Å²) in [4.78, 5) is 21.3. The second-order valence-corrected chi connectivity index (χ2v) is 8.23. The summed E-state index contributed by atoms with van der Waals surface area (Å²) in [6.45, 7) is 6.86. The highest BCUT2D eigenvalue weighted by molar-refractivity contribution is 5.75. The first-order valence-corrected chi connectivity index (χ1v) is 10.7. The number of aromatic nitrogens is 3. The number of pyridine rings is 1. The van der Waals surface area contributed by atoms with E-state index >= 15 is 0 Å². The minimum Gasteiger partial charge on any atom is -0.420 e. The summed E-state index contributed by atoms with van der Waals surface area (Å²) in [5.41, 5.74) is 0.840. The zero-order valence-electron chi connectivity index (χ0n) is 17.3. The molecule has 0 bridgehead atoms. The van der Waals surface area contributed by atoms with Crippen LogP contribution in [0.1, 0.15) is 57.8 Å². The molecular formula is C21H30N6O2. The van der Waals surface area contributed by atoms with E-state index in [4.69, 9.17) is 4.42 Å². The predicted molar refractivity (Wildman–Crippen MR) is 111 cm³/mol. The van der Waals surface area contributed by atoms with Gasteiger partial charge in [-0.15, -0.1) is 10.2 Å². The largest absolute Gasteiger partial charge is 0.420 e. The minimum atomic E-state index is 0.0660. The highest BCUT2D eigenvalue weighted by atomic mass is 16.4. The van der Waals surface area contributed by atoms with E-state index in [9.17, 15) is 4.79 Å². The number of carbonyl (C=O) groups excluding carboxylic acids is 1. The topological polar surface area (TPSA) is 87.4 Å². The molecule has 1 aliphatic heterocycles. The number of piperazine rings is 1. The van der Waals surface area contributed by atoms with Crippen molar-refractivity contribution in [3.8, 4) is 11.5 Å². The molecule has 0 radical (unpaired) electrons. The maximum absolute atomic E-state index is 12.6. The summed E-state index contributed by atoms with van der Waals surface area (Å²) < 4.78 is 5.84. The van der Waals surface area contributed by atoms with Gasteiger partial charge in [0.05, 0.1) is 5.56 Å². The van der Waals surface area contributed by atoms with Crippen LogP contribution in [-0.2, 0) is 0 Å². The summed E-state index contributed by atoms with van der Waals surface area (Å²) in [5.74, 6) is 2.13. The van der Waals surface area contributed by atoms with Crippen LogP contribution >= 0.6 is 0 Å². The molecule has 2 aliphatic rings. The molecule has 0 atom stereocenters. The Labute approximate surface area is 171 Å². The Morgan fingerprint density at radius 1 is 1.14 bits per heavy atom. The van der Waals surface area contributed by atoms with Crippen molar-refractivity contribution in [1.29, 1.82) is 0 Å². The number of nitrogens with zero attached hydrogens (tertiary/aromatic N) is 5. The molecule has 0 spiro atoms. The Kier molecular flexibility index (Phi) is 5.97. The Hall–Kier alpha value is -2.64. The lowest BCUT2D eigenvalue weighted by atomic mass is 9.96. The third kappa shape index (κ3) is 4.52. The minimum absolute atomic E-state index is 0.0660. The second-order valence-electron chi connectivity index (χ2n) is 8.23. The lowest BCUT2D eigenvalue weighted by Crippen LogP contribution is -2.54. The maximum atomic E-state index is 12.6. The molecule has 8 heteroatoms. The maximum Gasteiger partial charge on any atom is 0.317 e. The van der Waals surface area contributed by atoms with Crippen LogP contribution in [0.3, 0.4) is 0 Å². The summed E-state index contributed by atoms with van der Waals surface area (Å²) in [7, 11) is 0. The SMILES string of the molecule is CC(C)c1nnc(-c2cccnc2N2CCN(C(=O)NC3CCCCC3)CC2)o1. The first-order valence-electron chi connectivity index (χ1n) is 10.7. The molecule has 1 saturated heterocycles. The van der Waals surface area contributed by atoms with Crippen molar-refractivity contribution in [3.63, 3.8) is 0 Å². The van der Waals surface area contributed by atoms with E-state index in [1.165, 1.54) is 19.3 Å². The second kappa shape index (κ2) is 8.80. The average Bonchev–Trinajstić information content (AvgIpc) is 3.25. The van der Waals surface area contributed by atoms with E-state index in [1.54, 1.807) is 6.20 Å². The first kappa shape index (κ1) is 19.7. The zero-order valence-corrected chi connectivity index (χ0v) is 17.3. The van der Waals surface area contributed by atoms with Crippen LogP contribution in [0.4, 0.5) is 10.6 Å². The smallest absolute Gasteiger partial charge is 0.317 e. The van der Waals surface area contributed by atoms with E-state index < -0.39 is 0 Å². The quantitative estimate of drug-likeness (QED) is 0.849. The Balaban J connectivity index is 1.40. The van der Waals surface area contributed by atoms with Gasteiger partial charge in [0.25, 0.3) is 5.89 Å². The van der Waals surface area contributed by atoms with Gasteiger partial charge >= 0.3 is 6.03 Å². The average molecular weight is 399 g/mol. The van der Waals surface area contributed by atoms with Crippen LogP contribution in [0.25, 0.3) is 11.5 Å². The normalized spacial score (nSPS) is 18.3. The van der Waals surface area contributed by atoms with Crippen LogP contribution in [0.2, 0.25) is 0 Å². The van der Waals surface area contributed by atoms with Crippen LogP contribution in [-0.4, -0.2) is 58.3 Å². The molecule has 0 aromatic carbocycles. The number of urea groups is 1. The van der Waals surface area contributed by atoms with E-state index in [-0.39, 0.29) is 11.9 Å². The van der Waals surface area contributed by atoms with Gasteiger partial charge in [-0.05, 0) is 25.0 Å². The van der Waals surface area contributed by atoms with Crippen LogP contribution < -0.4 is 10.2 Å². The number of nitrogens with one attached hydrogen (secondary N) is 1. The fourth-order valence-corrected chi connectivity index (χ4v) is 4.03. The van der Waals surface area contributed by atoms with Gasteiger partial charge in [0.1, 0.15) is 5.82 Å². The fourth-order valence-electron chi connectivity index (χ4n) is 4.03. The molecule has 8 nitrogen and oxygen atoms in total. The van der Waals surface area contributed by atoms with Crippen molar-refractivity contribution in [2.45, 2.75) is 57.9 Å². The molecule has 1 N–H and O–H groups in total. The summed E-state index contributed by atoms with van der Waals surface area (Å²) in [6, 6.07) is 4.24. The van der Waals surface area contributed by atoms with Crippen molar-refractivity contribution in [3.05, 3.63) is 24.2 Å². The lowest BCUT2D eigenvalue weighted by molar-refractivity contribution is 0.186. The van der Waals surface area contributed by atoms with Gasteiger partial charge in [-0.25, -0.2) is 9.78 Å². The third-order valence-electron chi connectivity index (χ3n) is 5.75. The van der Waals surface area contributed by atoms with Crippen LogP contribution in [0.15, 0.2) is 22.7 Å². The van der Waals surface area contributed by atoms with Gasteiger partial charge in [-0.2, -0.15) is 0 Å². The number of hydrogen-bond donors (Lipinski definition) is 1. The van der Waals surface area contributed by atoms with Gasteiger partial charge < -0.3 is 19.5 Å². The third-order valence-corrected chi connectivity index (χ3v) is 5.75. The molecule has 156 valence electrons. The number of rotatable bonds is 4. The van der Waals surface area contributed by atoms with Gasteiger partial charge in [0, 0.05) is 44.3 Å². The standard InChI is InChI=1S/C21H30N6O2/c1-15(2)19-24-25-20(29-19)17-9-6-10-22-18(17)26-11-13-27(14-12-26)21(28)23-16-7-4-3-5-8-16/h6,9-10,15-16H,3-5,7-8,11-14H2,1-2H3,(H,23,28). The Bertz CT molecular complexity index is 822. The van der Waals surface area contributed by atoms with E-state index in [0.29, 0.717) is 30.9 Å². The highest BCUT2D eigenvalue weighted by Crippen LogP contribution is 2.29. The lowest BCUT2D eigenvalue weighted by Gasteiger charge is -2.37. The Morgan fingerprint density at radius 3 is 2.59 bits per heavy atom. The number of anilines is 1. The van der Waals surface area contributed by atoms with E-state index in [2.05, 4.69) is 25.4 Å². The molecule has 2 amide bonds.